The van der Waals surface area contributed by atoms with E-state index in [1.54, 1.807) is 0 Å². The zero-order valence-electron chi connectivity index (χ0n) is 10.1. The van der Waals surface area contributed by atoms with Crippen LogP contribution in [0.25, 0.3) is 0 Å². The lowest BCUT2D eigenvalue weighted by atomic mass is 10.0. The molecule has 90 valence electrons. The van der Waals surface area contributed by atoms with Crippen molar-refractivity contribution in [1.82, 2.24) is 0 Å². The number of nitrogens with two attached hydrogens (primary N) is 1. The second-order valence-electron chi connectivity index (χ2n) is 4.02. The molecule has 0 heterocycles. The van der Waals surface area contributed by atoms with Crippen molar-refractivity contribution in [2.24, 2.45) is 5.73 Å². The molecule has 3 heteroatoms. The molecule has 0 fully saturated rings. The minimum Gasteiger partial charge on any atom is -0.396 e. The molecule has 0 aliphatic heterocycles. The van der Waals surface area contributed by atoms with Crippen LogP contribution in [0.15, 0.2) is 18.2 Å². The van der Waals surface area contributed by atoms with Gasteiger partial charge in [-0.3, -0.25) is 0 Å². The number of aryl methyl sites for hydroxylation is 2. The molecule has 0 saturated carbocycles. The average molecular weight is 223 g/mol. The fourth-order valence-corrected chi connectivity index (χ4v) is 1.56. The van der Waals surface area contributed by atoms with Crippen molar-refractivity contribution in [1.29, 1.82) is 0 Å². The van der Waals surface area contributed by atoms with Gasteiger partial charge in [0.05, 0.1) is 6.10 Å². The summed E-state index contributed by atoms with van der Waals surface area (Å²) in [4.78, 5) is 0. The summed E-state index contributed by atoms with van der Waals surface area (Å²) >= 11 is 0. The van der Waals surface area contributed by atoms with Crippen molar-refractivity contribution in [2.75, 3.05) is 19.8 Å². The third-order valence-electron chi connectivity index (χ3n) is 2.74. The Hall–Kier alpha value is -0.900. The van der Waals surface area contributed by atoms with E-state index in [4.69, 9.17) is 15.6 Å². The smallest absolute Gasteiger partial charge is 0.0947 e. The van der Waals surface area contributed by atoms with E-state index in [1.807, 2.05) is 0 Å². The minimum atomic E-state index is -0.0640. The quantitative estimate of drug-likeness (QED) is 0.722. The Labute approximate surface area is 97.2 Å². The average Bonchev–Trinajstić information content (AvgIpc) is 2.29. The summed E-state index contributed by atoms with van der Waals surface area (Å²) in [5.41, 5.74) is 9.33. The van der Waals surface area contributed by atoms with Crippen molar-refractivity contribution in [3.8, 4) is 0 Å². The van der Waals surface area contributed by atoms with Crippen molar-refractivity contribution in [3.63, 3.8) is 0 Å². The number of aliphatic hydroxyl groups is 1. The Morgan fingerprint density at radius 1 is 1.31 bits per heavy atom. The van der Waals surface area contributed by atoms with Crippen LogP contribution in [0.5, 0.6) is 0 Å². The summed E-state index contributed by atoms with van der Waals surface area (Å²) in [6.07, 6.45) is 0.590. The molecular weight excluding hydrogens is 202 g/mol. The van der Waals surface area contributed by atoms with Gasteiger partial charge in [-0.25, -0.2) is 0 Å². The van der Waals surface area contributed by atoms with Crippen LogP contribution in [-0.4, -0.2) is 24.9 Å². The molecule has 3 N–H and O–H groups in total. The number of benzene rings is 1. The molecule has 1 atom stereocenters. The molecule has 0 radical (unpaired) electrons. The van der Waals surface area contributed by atoms with Gasteiger partial charge in [0.15, 0.2) is 0 Å². The molecule has 0 saturated heterocycles. The van der Waals surface area contributed by atoms with Crippen LogP contribution in [-0.2, 0) is 4.74 Å². The zero-order chi connectivity index (χ0) is 12.0. The van der Waals surface area contributed by atoms with Gasteiger partial charge in [0.1, 0.15) is 0 Å². The third-order valence-corrected chi connectivity index (χ3v) is 2.74. The van der Waals surface area contributed by atoms with E-state index in [9.17, 15) is 0 Å². The molecule has 0 amide bonds. The summed E-state index contributed by atoms with van der Waals surface area (Å²) in [5, 5.41) is 8.69. The van der Waals surface area contributed by atoms with E-state index < -0.39 is 0 Å². The molecule has 0 spiro atoms. The largest absolute Gasteiger partial charge is 0.396 e. The van der Waals surface area contributed by atoms with Crippen molar-refractivity contribution in [3.05, 3.63) is 34.9 Å². The summed E-state index contributed by atoms with van der Waals surface area (Å²) < 4.78 is 5.63. The van der Waals surface area contributed by atoms with Gasteiger partial charge in [0.2, 0.25) is 0 Å². The minimum absolute atomic E-state index is 0.0640. The van der Waals surface area contributed by atoms with Crippen LogP contribution in [0.3, 0.4) is 0 Å². The Morgan fingerprint density at radius 2 is 2.06 bits per heavy atom. The van der Waals surface area contributed by atoms with E-state index in [1.165, 1.54) is 11.1 Å². The Kier molecular flexibility index (Phi) is 5.46. The molecule has 1 rings (SSSR count). The van der Waals surface area contributed by atoms with Gasteiger partial charge >= 0.3 is 0 Å². The SMILES string of the molecule is Cc1ccc(C(CN)OCCCO)cc1C. The summed E-state index contributed by atoms with van der Waals surface area (Å²) in [7, 11) is 0. The topological polar surface area (TPSA) is 55.5 Å². The van der Waals surface area contributed by atoms with Crippen molar-refractivity contribution < 1.29 is 9.84 Å². The highest BCUT2D eigenvalue weighted by Crippen LogP contribution is 2.19. The Balaban J connectivity index is 2.67. The maximum atomic E-state index is 8.69. The lowest BCUT2D eigenvalue weighted by Crippen LogP contribution is -2.17. The van der Waals surface area contributed by atoms with Crippen molar-refractivity contribution in [2.45, 2.75) is 26.4 Å². The molecule has 0 aromatic heterocycles. The summed E-state index contributed by atoms with van der Waals surface area (Å²) in [6, 6.07) is 6.26. The fraction of sp³-hybridized carbons (Fsp3) is 0.538. The van der Waals surface area contributed by atoms with E-state index in [-0.39, 0.29) is 12.7 Å². The first kappa shape index (κ1) is 13.2. The summed E-state index contributed by atoms with van der Waals surface area (Å²) in [5.74, 6) is 0. The number of hydrogen-bond donors (Lipinski definition) is 2. The highest BCUT2D eigenvalue weighted by atomic mass is 16.5. The molecule has 16 heavy (non-hydrogen) atoms. The predicted octanol–water partition coefficient (Wildman–Crippen LogP) is 1.70. The van der Waals surface area contributed by atoms with Gasteiger partial charge in [-0.1, -0.05) is 18.2 Å². The van der Waals surface area contributed by atoms with E-state index in [0.29, 0.717) is 19.6 Å². The highest BCUT2D eigenvalue weighted by molar-refractivity contribution is 5.31. The van der Waals surface area contributed by atoms with Gasteiger partial charge in [0.25, 0.3) is 0 Å². The fourth-order valence-electron chi connectivity index (χ4n) is 1.56. The molecular formula is C13H21NO2. The number of hydrogen-bond acceptors (Lipinski definition) is 3. The Morgan fingerprint density at radius 3 is 2.62 bits per heavy atom. The molecule has 1 aromatic rings. The third kappa shape index (κ3) is 3.59. The maximum absolute atomic E-state index is 8.69. The van der Waals surface area contributed by atoms with E-state index >= 15 is 0 Å². The highest BCUT2D eigenvalue weighted by Gasteiger charge is 2.10. The maximum Gasteiger partial charge on any atom is 0.0947 e. The standard InChI is InChI=1S/C13H21NO2/c1-10-4-5-12(8-11(10)2)13(9-14)16-7-3-6-15/h4-5,8,13,15H,3,6-7,9,14H2,1-2H3. The second kappa shape index (κ2) is 6.63. The van der Waals surface area contributed by atoms with Gasteiger partial charge in [-0.05, 0) is 37.0 Å². The molecule has 1 aromatic carbocycles. The summed E-state index contributed by atoms with van der Waals surface area (Å²) in [6.45, 7) is 5.34. The molecule has 0 bridgehead atoms. The van der Waals surface area contributed by atoms with Gasteiger partial charge in [0, 0.05) is 19.8 Å². The van der Waals surface area contributed by atoms with Gasteiger partial charge in [-0.2, -0.15) is 0 Å². The van der Waals surface area contributed by atoms with Crippen LogP contribution >= 0.6 is 0 Å². The van der Waals surface area contributed by atoms with Crippen molar-refractivity contribution >= 4 is 0 Å². The Bertz CT molecular complexity index is 326. The van der Waals surface area contributed by atoms with Gasteiger partial charge in [-0.15, -0.1) is 0 Å². The lowest BCUT2D eigenvalue weighted by molar-refractivity contribution is 0.0488. The first-order valence-electron chi connectivity index (χ1n) is 5.68. The number of rotatable bonds is 6. The molecule has 1 unspecified atom stereocenters. The van der Waals surface area contributed by atoms with E-state index in [0.717, 1.165) is 5.56 Å². The number of aliphatic hydroxyl groups excluding tert-OH is 1. The van der Waals surface area contributed by atoms with Gasteiger partial charge < -0.3 is 15.6 Å². The predicted molar refractivity (Wildman–Crippen MR) is 65.4 cm³/mol. The first-order valence-corrected chi connectivity index (χ1v) is 5.68. The molecule has 0 aliphatic carbocycles. The zero-order valence-corrected chi connectivity index (χ0v) is 10.1. The first-order chi connectivity index (χ1) is 7.69. The van der Waals surface area contributed by atoms with Crippen LogP contribution in [0, 0.1) is 13.8 Å². The number of ether oxygens (including phenoxy) is 1. The normalized spacial score (nSPS) is 12.8. The van der Waals surface area contributed by atoms with E-state index in [2.05, 4.69) is 32.0 Å². The second-order valence-corrected chi connectivity index (χ2v) is 4.02. The lowest BCUT2D eigenvalue weighted by Gasteiger charge is -2.17. The van der Waals surface area contributed by atoms with Crippen LogP contribution in [0.2, 0.25) is 0 Å². The van der Waals surface area contributed by atoms with Crippen LogP contribution in [0.1, 0.15) is 29.2 Å². The monoisotopic (exact) mass is 223 g/mol. The van der Waals surface area contributed by atoms with Crippen LogP contribution < -0.4 is 5.73 Å². The molecule has 3 nitrogen and oxygen atoms in total. The molecule has 0 aliphatic rings. The van der Waals surface area contributed by atoms with Crippen LogP contribution in [0.4, 0.5) is 0 Å².